The Balaban J connectivity index is 1.58. The maximum absolute atomic E-state index is 5.79. The SMILES string of the molecule is CCCCCCCCC(CCCCCCCCCCCCCCC1CCCO1)SC(CCCCCCCC)CCCCCCCCCCCCCCC1CCCO1. The number of hydrogen-bond acceptors (Lipinski definition) is 3. The van der Waals surface area contributed by atoms with E-state index >= 15 is 0 Å². The molecule has 2 nitrogen and oxygen atoms in total. The van der Waals surface area contributed by atoms with Crippen molar-refractivity contribution in [2.75, 3.05) is 13.2 Å². The molecule has 2 aliphatic heterocycles. The Morgan fingerprint density at radius 1 is 0.333 bits per heavy atom. The number of unbranched alkanes of at least 4 members (excludes halogenated alkanes) is 32. The summed E-state index contributed by atoms with van der Waals surface area (Å²) in [7, 11) is 0. The molecule has 4 unspecified atom stereocenters. The van der Waals surface area contributed by atoms with Gasteiger partial charge in [0.15, 0.2) is 0 Å². The largest absolute Gasteiger partial charge is 0.378 e. The van der Waals surface area contributed by atoms with Crippen molar-refractivity contribution in [1.29, 1.82) is 0 Å². The van der Waals surface area contributed by atoms with Gasteiger partial charge >= 0.3 is 0 Å². The molecule has 0 N–H and O–H groups in total. The number of thioether (sulfide) groups is 1. The molecule has 0 aromatic carbocycles. The van der Waals surface area contributed by atoms with Gasteiger partial charge in [-0.1, -0.05) is 245 Å². The zero-order valence-electron chi connectivity index (χ0n) is 39.5. The zero-order valence-corrected chi connectivity index (χ0v) is 40.3. The van der Waals surface area contributed by atoms with Gasteiger partial charge in [-0.25, -0.2) is 0 Å². The smallest absolute Gasteiger partial charge is 0.0576 e. The highest BCUT2D eigenvalue weighted by Crippen LogP contribution is 2.34. The molecule has 2 heterocycles. The summed E-state index contributed by atoms with van der Waals surface area (Å²) in [4.78, 5) is 0. The molecule has 0 saturated carbocycles. The van der Waals surface area contributed by atoms with Crippen molar-refractivity contribution in [3.8, 4) is 0 Å². The molecule has 0 bridgehead atoms. The van der Waals surface area contributed by atoms with Crippen molar-refractivity contribution in [1.82, 2.24) is 0 Å². The van der Waals surface area contributed by atoms with E-state index in [0.717, 1.165) is 23.7 Å². The molecule has 2 saturated heterocycles. The van der Waals surface area contributed by atoms with E-state index in [1.807, 2.05) is 0 Å². The van der Waals surface area contributed by atoms with Crippen LogP contribution in [0.25, 0.3) is 0 Å². The lowest BCUT2D eigenvalue weighted by molar-refractivity contribution is 0.102. The van der Waals surface area contributed by atoms with Crippen LogP contribution in [0.1, 0.15) is 309 Å². The summed E-state index contributed by atoms with van der Waals surface area (Å²) in [5.74, 6) is 0. The molecule has 57 heavy (non-hydrogen) atoms. The number of rotatable bonds is 46. The van der Waals surface area contributed by atoms with Crippen molar-refractivity contribution in [2.45, 2.75) is 332 Å². The fraction of sp³-hybridized carbons (Fsp3) is 1.00. The quantitative estimate of drug-likeness (QED) is 0.0570. The lowest BCUT2D eigenvalue weighted by Crippen LogP contribution is -2.12. The highest BCUT2D eigenvalue weighted by atomic mass is 32.2. The van der Waals surface area contributed by atoms with Gasteiger partial charge in [0, 0.05) is 23.7 Å². The summed E-state index contributed by atoms with van der Waals surface area (Å²) in [5, 5.41) is 1.85. The molecule has 0 aliphatic carbocycles. The molecule has 3 heteroatoms. The van der Waals surface area contributed by atoms with E-state index in [9.17, 15) is 0 Å². The minimum atomic E-state index is 0.601. The topological polar surface area (TPSA) is 18.5 Å². The van der Waals surface area contributed by atoms with Crippen LogP contribution in [0.4, 0.5) is 0 Å². The summed E-state index contributed by atoms with van der Waals surface area (Å²) in [5.41, 5.74) is 0. The predicted molar refractivity (Wildman–Crippen MR) is 258 cm³/mol. The van der Waals surface area contributed by atoms with Gasteiger partial charge in [-0.2, -0.15) is 11.8 Å². The Bertz CT molecular complexity index is 699. The average Bonchev–Trinajstić information content (AvgIpc) is 3.95. The van der Waals surface area contributed by atoms with Crippen LogP contribution in [-0.2, 0) is 9.47 Å². The van der Waals surface area contributed by atoms with Crippen LogP contribution in [0.5, 0.6) is 0 Å². The molecule has 2 fully saturated rings. The van der Waals surface area contributed by atoms with Crippen LogP contribution >= 0.6 is 11.8 Å². The molecule has 0 spiro atoms. The third-order valence-corrected chi connectivity index (χ3v) is 15.5. The van der Waals surface area contributed by atoms with Gasteiger partial charge in [-0.05, 0) is 64.2 Å². The third-order valence-electron chi connectivity index (χ3n) is 13.8. The van der Waals surface area contributed by atoms with Crippen molar-refractivity contribution in [3.63, 3.8) is 0 Å². The van der Waals surface area contributed by atoms with E-state index in [1.54, 1.807) is 0 Å². The standard InChI is InChI=1S/C54H106O2S/c1-3-5-7-9-29-35-45-53(47-37-31-25-21-17-13-11-15-19-23-27-33-41-51-43-39-49-55-51)57-54(46-36-30-10-8-6-4-2)48-38-32-26-22-18-14-12-16-20-24-28-34-42-52-44-40-50-56-52/h51-54H,3-50H2,1-2H3. The van der Waals surface area contributed by atoms with Crippen LogP contribution in [0.3, 0.4) is 0 Å². The second-order valence-corrected chi connectivity index (χ2v) is 21.0. The van der Waals surface area contributed by atoms with Gasteiger partial charge in [0.2, 0.25) is 0 Å². The molecule has 0 aromatic heterocycles. The minimum Gasteiger partial charge on any atom is -0.378 e. The van der Waals surface area contributed by atoms with Gasteiger partial charge in [-0.3, -0.25) is 0 Å². The fourth-order valence-electron chi connectivity index (χ4n) is 9.91. The first-order valence-corrected chi connectivity index (χ1v) is 28.1. The first-order chi connectivity index (χ1) is 28.3. The molecule has 0 aromatic rings. The lowest BCUT2D eigenvalue weighted by Gasteiger charge is -2.24. The predicted octanol–water partition coefficient (Wildman–Crippen LogP) is 19.2. The van der Waals surface area contributed by atoms with Gasteiger partial charge in [0.25, 0.3) is 0 Å². The van der Waals surface area contributed by atoms with Crippen molar-refractivity contribution in [2.24, 2.45) is 0 Å². The zero-order chi connectivity index (χ0) is 40.4. The molecule has 2 aliphatic rings. The Hall–Kier alpha value is 0.270. The summed E-state index contributed by atoms with van der Waals surface area (Å²) >= 11 is 2.49. The molecule has 0 amide bonds. The maximum Gasteiger partial charge on any atom is 0.0576 e. The molecule has 0 radical (unpaired) electrons. The van der Waals surface area contributed by atoms with E-state index in [1.165, 1.54) is 295 Å². The number of hydrogen-bond donors (Lipinski definition) is 0. The molecule has 340 valence electrons. The number of ether oxygens (including phenoxy) is 2. The van der Waals surface area contributed by atoms with Crippen molar-refractivity contribution < 1.29 is 9.47 Å². The normalized spacial score (nSPS) is 18.2. The van der Waals surface area contributed by atoms with Crippen LogP contribution in [0.15, 0.2) is 0 Å². The van der Waals surface area contributed by atoms with Gasteiger partial charge in [0.05, 0.1) is 12.2 Å². The van der Waals surface area contributed by atoms with Gasteiger partial charge in [-0.15, -0.1) is 0 Å². The van der Waals surface area contributed by atoms with Crippen LogP contribution < -0.4 is 0 Å². The van der Waals surface area contributed by atoms with E-state index in [2.05, 4.69) is 25.6 Å². The summed E-state index contributed by atoms with van der Waals surface area (Å²) < 4.78 is 11.6. The minimum absolute atomic E-state index is 0.601. The van der Waals surface area contributed by atoms with E-state index < -0.39 is 0 Å². The Morgan fingerprint density at radius 3 is 0.825 bits per heavy atom. The van der Waals surface area contributed by atoms with Crippen LogP contribution in [0, 0.1) is 0 Å². The van der Waals surface area contributed by atoms with E-state index in [-0.39, 0.29) is 0 Å². The fourth-order valence-corrected chi connectivity index (χ4v) is 11.7. The van der Waals surface area contributed by atoms with Crippen molar-refractivity contribution in [3.05, 3.63) is 0 Å². The van der Waals surface area contributed by atoms with Crippen molar-refractivity contribution >= 4 is 11.8 Å². The highest BCUT2D eigenvalue weighted by Gasteiger charge is 2.18. The summed E-state index contributed by atoms with van der Waals surface area (Å²) in [6.07, 6.45) is 67.5. The monoisotopic (exact) mass is 819 g/mol. The van der Waals surface area contributed by atoms with Crippen LogP contribution in [-0.4, -0.2) is 35.9 Å². The lowest BCUT2D eigenvalue weighted by atomic mass is 10.0. The Labute approximate surface area is 364 Å². The second kappa shape index (κ2) is 42.9. The average molecular weight is 820 g/mol. The molecule has 4 atom stereocenters. The first-order valence-electron chi connectivity index (χ1n) is 27.2. The Kier molecular flexibility index (Phi) is 40.2. The van der Waals surface area contributed by atoms with E-state index in [4.69, 9.17) is 9.47 Å². The third kappa shape index (κ3) is 35.6. The summed E-state index contributed by atoms with van der Waals surface area (Å²) in [6, 6.07) is 0. The first kappa shape index (κ1) is 53.4. The second-order valence-electron chi connectivity index (χ2n) is 19.4. The molecule has 2 rings (SSSR count). The van der Waals surface area contributed by atoms with Gasteiger partial charge in [0.1, 0.15) is 0 Å². The van der Waals surface area contributed by atoms with Crippen LogP contribution in [0.2, 0.25) is 0 Å². The molecular formula is C54H106O2S. The summed E-state index contributed by atoms with van der Waals surface area (Å²) in [6.45, 7) is 6.74. The maximum atomic E-state index is 5.79. The molecular weight excluding hydrogens is 713 g/mol. The van der Waals surface area contributed by atoms with E-state index in [0.29, 0.717) is 12.2 Å². The van der Waals surface area contributed by atoms with Gasteiger partial charge < -0.3 is 9.47 Å². The highest BCUT2D eigenvalue weighted by molar-refractivity contribution is 8.00. The Morgan fingerprint density at radius 2 is 0.579 bits per heavy atom.